The van der Waals surface area contributed by atoms with Crippen molar-refractivity contribution in [3.8, 4) is 11.5 Å². The van der Waals surface area contributed by atoms with E-state index in [0.717, 1.165) is 27.8 Å². The van der Waals surface area contributed by atoms with Gasteiger partial charge in [-0.1, -0.05) is 11.6 Å². The molecule has 0 saturated carbocycles. The van der Waals surface area contributed by atoms with Crippen LogP contribution in [0.1, 0.15) is 31.9 Å². The Bertz CT molecular complexity index is 464. The molecule has 2 rings (SSSR count). The van der Waals surface area contributed by atoms with Crippen molar-refractivity contribution in [3.63, 3.8) is 0 Å². The number of hydrogen-bond donors (Lipinski definition) is 1. The number of aliphatic hydroxyl groups is 1. The Labute approximate surface area is 116 Å². The van der Waals surface area contributed by atoms with Crippen molar-refractivity contribution in [2.24, 2.45) is 0 Å². The third-order valence-corrected chi connectivity index (χ3v) is 3.25. The van der Waals surface area contributed by atoms with Crippen LogP contribution in [0, 0.1) is 0 Å². The molecule has 1 aliphatic rings. The van der Waals surface area contributed by atoms with Crippen LogP contribution < -0.4 is 9.47 Å². The van der Waals surface area contributed by atoms with Crippen LogP contribution in [0.25, 0.3) is 0 Å². The first-order valence-corrected chi connectivity index (χ1v) is 6.79. The molecule has 1 N–H and O–H groups in total. The average molecular weight is 313 g/mol. The zero-order valence-corrected chi connectivity index (χ0v) is 12.2. The Morgan fingerprint density at radius 1 is 1.33 bits per heavy atom. The molecule has 0 radical (unpaired) electrons. The normalized spacial score (nSPS) is 15.8. The highest BCUT2D eigenvalue weighted by molar-refractivity contribution is 9.10. The minimum Gasteiger partial charge on any atom is -0.490 e. The molecule has 0 amide bonds. The molecule has 0 fully saturated rings. The minimum absolute atomic E-state index is 0.622. The Hall–Kier alpha value is -1.00. The number of rotatable bonds is 2. The van der Waals surface area contributed by atoms with E-state index in [1.807, 2.05) is 32.1 Å². The van der Waals surface area contributed by atoms with Gasteiger partial charge in [-0.2, -0.15) is 0 Å². The van der Waals surface area contributed by atoms with Gasteiger partial charge in [0, 0.05) is 6.42 Å². The van der Waals surface area contributed by atoms with Gasteiger partial charge in [0.2, 0.25) is 0 Å². The molecule has 0 spiro atoms. The summed E-state index contributed by atoms with van der Waals surface area (Å²) in [5.41, 5.74) is 1.87. The topological polar surface area (TPSA) is 38.7 Å². The van der Waals surface area contributed by atoms with E-state index in [9.17, 15) is 5.11 Å². The van der Waals surface area contributed by atoms with Gasteiger partial charge < -0.3 is 14.6 Å². The maximum Gasteiger partial charge on any atom is 0.175 e. The summed E-state index contributed by atoms with van der Waals surface area (Å²) in [5, 5.41) is 10.1. The van der Waals surface area contributed by atoms with E-state index < -0.39 is 6.10 Å². The van der Waals surface area contributed by atoms with E-state index in [0.29, 0.717) is 19.0 Å². The lowest BCUT2D eigenvalue weighted by Crippen LogP contribution is -1.98. The maximum absolute atomic E-state index is 10.1. The van der Waals surface area contributed by atoms with Crippen LogP contribution in [-0.2, 0) is 0 Å². The largest absolute Gasteiger partial charge is 0.490 e. The summed E-state index contributed by atoms with van der Waals surface area (Å²) in [6.45, 7) is 5.21. The first-order chi connectivity index (χ1) is 8.58. The van der Waals surface area contributed by atoms with Crippen molar-refractivity contribution in [3.05, 3.63) is 33.8 Å². The Balaban J connectivity index is 2.37. The van der Waals surface area contributed by atoms with Crippen molar-refractivity contribution < 1.29 is 14.6 Å². The number of fused-ring (bicyclic) bond motifs is 1. The highest BCUT2D eigenvalue weighted by atomic mass is 79.9. The number of benzene rings is 1. The molecule has 0 bridgehead atoms. The van der Waals surface area contributed by atoms with Gasteiger partial charge in [0.15, 0.2) is 11.5 Å². The fourth-order valence-corrected chi connectivity index (χ4v) is 2.41. The quantitative estimate of drug-likeness (QED) is 0.848. The summed E-state index contributed by atoms with van der Waals surface area (Å²) in [4.78, 5) is 0. The lowest BCUT2D eigenvalue weighted by Gasteiger charge is -2.14. The minimum atomic E-state index is -0.622. The highest BCUT2D eigenvalue weighted by Gasteiger charge is 2.17. The molecule has 98 valence electrons. The molecule has 0 saturated heterocycles. The van der Waals surface area contributed by atoms with Crippen LogP contribution in [0.5, 0.6) is 11.5 Å². The van der Waals surface area contributed by atoms with Crippen molar-refractivity contribution in [2.45, 2.75) is 26.4 Å². The van der Waals surface area contributed by atoms with E-state index in [4.69, 9.17) is 9.47 Å². The van der Waals surface area contributed by atoms with Crippen LogP contribution in [0.4, 0.5) is 0 Å². The number of ether oxygens (including phenoxy) is 2. The molecule has 18 heavy (non-hydrogen) atoms. The second-order valence-electron chi connectivity index (χ2n) is 4.57. The average Bonchev–Trinajstić information content (AvgIpc) is 2.53. The second-order valence-corrected chi connectivity index (χ2v) is 5.42. The van der Waals surface area contributed by atoms with E-state index in [-0.39, 0.29) is 0 Å². The van der Waals surface area contributed by atoms with E-state index in [1.165, 1.54) is 0 Å². The van der Waals surface area contributed by atoms with Crippen molar-refractivity contribution in [1.82, 2.24) is 0 Å². The molecule has 0 aliphatic carbocycles. The monoisotopic (exact) mass is 312 g/mol. The molecule has 1 atom stereocenters. The molecule has 3 nitrogen and oxygen atoms in total. The predicted octanol–water partition coefficient (Wildman–Crippen LogP) is 3.61. The zero-order valence-electron chi connectivity index (χ0n) is 10.6. The number of allylic oxidation sites excluding steroid dienone is 1. The van der Waals surface area contributed by atoms with Crippen LogP contribution >= 0.6 is 15.9 Å². The van der Waals surface area contributed by atoms with E-state index in [2.05, 4.69) is 15.9 Å². The van der Waals surface area contributed by atoms with Crippen LogP contribution in [-0.4, -0.2) is 18.3 Å². The third kappa shape index (κ3) is 3.06. The predicted molar refractivity (Wildman–Crippen MR) is 74.1 cm³/mol. The molecular formula is C14H17BrO3. The summed E-state index contributed by atoms with van der Waals surface area (Å²) in [6, 6.07) is 3.72. The van der Waals surface area contributed by atoms with Gasteiger partial charge in [-0.15, -0.1) is 0 Å². The Morgan fingerprint density at radius 3 is 2.78 bits per heavy atom. The molecule has 1 aromatic carbocycles. The molecule has 1 unspecified atom stereocenters. The van der Waals surface area contributed by atoms with Gasteiger partial charge in [-0.3, -0.25) is 0 Å². The first kappa shape index (κ1) is 13.4. The van der Waals surface area contributed by atoms with Crippen molar-refractivity contribution >= 4 is 15.9 Å². The van der Waals surface area contributed by atoms with E-state index in [1.54, 1.807) is 0 Å². The van der Waals surface area contributed by atoms with Crippen LogP contribution in [0.3, 0.4) is 0 Å². The Kier molecular flexibility index (Phi) is 4.30. The van der Waals surface area contributed by atoms with Crippen LogP contribution in [0.2, 0.25) is 0 Å². The Morgan fingerprint density at radius 2 is 2.06 bits per heavy atom. The van der Waals surface area contributed by atoms with Gasteiger partial charge >= 0.3 is 0 Å². The van der Waals surface area contributed by atoms with Gasteiger partial charge in [0.25, 0.3) is 0 Å². The number of halogens is 1. The zero-order chi connectivity index (χ0) is 13.1. The summed E-state index contributed by atoms with van der Waals surface area (Å²) in [5.74, 6) is 1.42. The van der Waals surface area contributed by atoms with Crippen molar-refractivity contribution in [1.29, 1.82) is 0 Å². The molecule has 1 heterocycles. The standard InChI is InChI=1S/C14H17BrO3/c1-9(2)6-12(16)10-7-11(15)14-13(8-10)17-4-3-5-18-14/h6-8,12,16H,3-5H2,1-2H3. The molecule has 0 aromatic heterocycles. The smallest absolute Gasteiger partial charge is 0.175 e. The second kappa shape index (κ2) is 5.76. The van der Waals surface area contributed by atoms with Crippen LogP contribution in [0.15, 0.2) is 28.3 Å². The lowest BCUT2D eigenvalue weighted by atomic mass is 10.1. The first-order valence-electron chi connectivity index (χ1n) is 6.00. The van der Waals surface area contributed by atoms with Gasteiger partial charge in [0.1, 0.15) is 0 Å². The van der Waals surface area contributed by atoms with Gasteiger partial charge in [-0.05, 0) is 47.5 Å². The van der Waals surface area contributed by atoms with Gasteiger partial charge in [0.05, 0.1) is 23.8 Å². The fraction of sp³-hybridized carbons (Fsp3) is 0.429. The molecule has 1 aromatic rings. The number of aliphatic hydroxyl groups excluding tert-OH is 1. The third-order valence-electron chi connectivity index (χ3n) is 2.66. The van der Waals surface area contributed by atoms with Crippen molar-refractivity contribution in [2.75, 3.05) is 13.2 Å². The summed E-state index contributed by atoms with van der Waals surface area (Å²) < 4.78 is 12.1. The maximum atomic E-state index is 10.1. The van der Waals surface area contributed by atoms with Gasteiger partial charge in [-0.25, -0.2) is 0 Å². The SMILES string of the molecule is CC(C)=CC(O)c1cc(Br)c2c(c1)OCCCO2. The summed E-state index contributed by atoms with van der Waals surface area (Å²) in [7, 11) is 0. The molecule has 1 aliphatic heterocycles. The molecule has 4 heteroatoms. The summed E-state index contributed by atoms with van der Waals surface area (Å²) in [6.07, 6.45) is 2.06. The fourth-order valence-electron chi connectivity index (χ4n) is 1.83. The van der Waals surface area contributed by atoms with E-state index >= 15 is 0 Å². The number of hydrogen-bond acceptors (Lipinski definition) is 3. The highest BCUT2D eigenvalue weighted by Crippen LogP contribution is 2.39. The lowest BCUT2D eigenvalue weighted by molar-refractivity contribution is 0.226. The summed E-state index contributed by atoms with van der Waals surface area (Å²) >= 11 is 3.47. The molecular weight excluding hydrogens is 296 g/mol.